The van der Waals surface area contributed by atoms with E-state index >= 15 is 0 Å². The third-order valence-corrected chi connectivity index (χ3v) is 5.26. The summed E-state index contributed by atoms with van der Waals surface area (Å²) in [4.78, 5) is 21.3. The summed E-state index contributed by atoms with van der Waals surface area (Å²) in [5, 5.41) is 7.19. The van der Waals surface area contributed by atoms with Crippen molar-refractivity contribution in [3.05, 3.63) is 23.8 Å². The van der Waals surface area contributed by atoms with Crippen LogP contribution in [0.25, 0.3) is 0 Å². The Labute approximate surface area is 184 Å². The van der Waals surface area contributed by atoms with Gasteiger partial charge in [0.1, 0.15) is 5.60 Å². The Bertz CT molecular complexity index is 687. The lowest BCUT2D eigenvalue weighted by Gasteiger charge is -2.25. The zero-order valence-electron chi connectivity index (χ0n) is 18.6. The van der Waals surface area contributed by atoms with E-state index in [9.17, 15) is 4.79 Å². The van der Waals surface area contributed by atoms with Gasteiger partial charge in [0.15, 0.2) is 11.5 Å². The highest BCUT2D eigenvalue weighted by Crippen LogP contribution is 2.42. The number of ether oxygens (including phenoxy) is 2. The molecule has 0 fully saturated rings. The van der Waals surface area contributed by atoms with Crippen molar-refractivity contribution in [3.63, 3.8) is 0 Å². The highest BCUT2D eigenvalue weighted by molar-refractivity contribution is 7.95. The normalized spacial score (nSPS) is 13.7. The average molecular weight is 442 g/mol. The Morgan fingerprint density at radius 2 is 1.80 bits per heavy atom. The van der Waals surface area contributed by atoms with E-state index in [-0.39, 0.29) is 11.7 Å². The molecule has 1 aromatic carbocycles. The van der Waals surface area contributed by atoms with Crippen molar-refractivity contribution >= 4 is 24.3 Å². The number of hydrogen-bond donors (Lipinski definition) is 2. The first-order valence-electron chi connectivity index (χ1n) is 10.3. The van der Waals surface area contributed by atoms with Crippen LogP contribution in [0.5, 0.6) is 11.5 Å². The number of hydrogen-bond acceptors (Lipinski definition) is 6. The molecule has 0 atom stereocenters. The third-order valence-electron chi connectivity index (χ3n) is 4.27. The summed E-state index contributed by atoms with van der Waals surface area (Å²) in [7, 11) is 1.76. The number of amides is 2. The minimum Gasteiger partial charge on any atom is -0.483 e. The number of fused-ring (bicyclic) bond motifs is 1. The van der Waals surface area contributed by atoms with Gasteiger partial charge in [-0.15, -0.1) is 0 Å². The lowest BCUT2D eigenvalue weighted by atomic mass is 10.0. The van der Waals surface area contributed by atoms with Gasteiger partial charge < -0.3 is 20.3 Å². The first kappa shape index (κ1) is 25.9. The maximum Gasteiger partial charge on any atom is 0.426 e. The molecule has 1 aromatic rings. The van der Waals surface area contributed by atoms with Crippen LogP contribution in [0.15, 0.2) is 18.2 Å². The van der Waals surface area contributed by atoms with Crippen molar-refractivity contribution in [1.82, 2.24) is 8.61 Å². The fourth-order valence-corrected chi connectivity index (χ4v) is 3.77. The standard InChI is InChI=1S/C20H32N2O3S.CH3NO2/c1-6-8-13-22(14-9-7-2)26-21(5)19(23)24-17-12-10-11-16-15-20(3,4)25-18(16)17;2-1(3)4/h10-12H,6-9,13-15H2,1-5H3;2H2,(H,3,4). The molecule has 2 amide bonds. The van der Waals surface area contributed by atoms with Gasteiger partial charge in [-0.3, -0.25) is 0 Å². The van der Waals surface area contributed by atoms with Crippen LogP contribution >= 0.6 is 12.1 Å². The number of nitrogens with two attached hydrogens (primary N) is 1. The van der Waals surface area contributed by atoms with Gasteiger partial charge in [0, 0.05) is 44.3 Å². The molecule has 0 aromatic heterocycles. The summed E-state index contributed by atoms with van der Waals surface area (Å²) in [5.41, 5.74) is 4.85. The van der Waals surface area contributed by atoms with Gasteiger partial charge in [0.05, 0.1) is 0 Å². The number of nitrogens with zero attached hydrogens (tertiary/aromatic N) is 2. The molecule has 170 valence electrons. The predicted molar refractivity (Wildman–Crippen MR) is 120 cm³/mol. The number of rotatable bonds is 9. The fourth-order valence-electron chi connectivity index (χ4n) is 2.89. The van der Waals surface area contributed by atoms with E-state index in [4.69, 9.17) is 19.4 Å². The zero-order chi connectivity index (χ0) is 22.7. The highest BCUT2D eigenvalue weighted by atomic mass is 32.2. The van der Waals surface area contributed by atoms with E-state index in [0.29, 0.717) is 11.5 Å². The Morgan fingerprint density at radius 3 is 2.33 bits per heavy atom. The minimum atomic E-state index is -1.33. The van der Waals surface area contributed by atoms with E-state index < -0.39 is 6.09 Å². The molecule has 0 aliphatic carbocycles. The van der Waals surface area contributed by atoms with Crippen molar-refractivity contribution < 1.29 is 24.2 Å². The predicted octanol–water partition coefficient (Wildman–Crippen LogP) is 4.92. The van der Waals surface area contributed by atoms with Gasteiger partial charge in [-0.05, 0) is 32.8 Å². The van der Waals surface area contributed by atoms with E-state index in [1.807, 2.05) is 26.0 Å². The maximum atomic E-state index is 12.6. The van der Waals surface area contributed by atoms with Crippen LogP contribution in [-0.4, -0.2) is 51.6 Å². The van der Waals surface area contributed by atoms with Crippen molar-refractivity contribution in [2.24, 2.45) is 5.73 Å². The minimum absolute atomic E-state index is 0.261. The van der Waals surface area contributed by atoms with Crippen LogP contribution in [0.3, 0.4) is 0 Å². The topological polar surface area (TPSA) is 105 Å². The summed E-state index contributed by atoms with van der Waals surface area (Å²) in [6.07, 6.45) is 3.62. The number of unbranched alkanes of at least 4 members (excludes halogenated alkanes) is 2. The molecule has 2 rings (SSSR count). The van der Waals surface area contributed by atoms with Crippen LogP contribution in [0.4, 0.5) is 9.59 Å². The Hall–Kier alpha value is -2.13. The molecule has 3 N–H and O–H groups in total. The van der Waals surface area contributed by atoms with Crippen molar-refractivity contribution in [2.45, 2.75) is 65.4 Å². The van der Waals surface area contributed by atoms with Gasteiger partial charge >= 0.3 is 12.2 Å². The molecule has 8 nitrogen and oxygen atoms in total. The smallest absolute Gasteiger partial charge is 0.426 e. The lowest BCUT2D eigenvalue weighted by Crippen LogP contribution is -2.30. The van der Waals surface area contributed by atoms with Crippen molar-refractivity contribution in [1.29, 1.82) is 0 Å². The summed E-state index contributed by atoms with van der Waals surface area (Å²) in [6.45, 7) is 10.4. The lowest BCUT2D eigenvalue weighted by molar-refractivity contribution is 0.131. The molecular formula is C21H35N3O5S. The van der Waals surface area contributed by atoms with Crippen LogP contribution in [0, 0.1) is 0 Å². The van der Waals surface area contributed by atoms with Crippen LogP contribution in [-0.2, 0) is 6.42 Å². The molecule has 30 heavy (non-hydrogen) atoms. The molecular weight excluding hydrogens is 406 g/mol. The highest BCUT2D eigenvalue weighted by Gasteiger charge is 2.33. The van der Waals surface area contributed by atoms with E-state index in [2.05, 4.69) is 23.9 Å². The summed E-state index contributed by atoms with van der Waals surface area (Å²) < 4.78 is 15.4. The maximum absolute atomic E-state index is 12.6. The van der Waals surface area contributed by atoms with Gasteiger partial charge in [-0.1, -0.05) is 38.8 Å². The molecule has 9 heteroatoms. The molecule has 0 unspecified atom stereocenters. The summed E-state index contributed by atoms with van der Waals surface area (Å²) in [5.74, 6) is 1.19. The Morgan fingerprint density at radius 1 is 1.23 bits per heavy atom. The van der Waals surface area contributed by atoms with Gasteiger partial charge in [0.25, 0.3) is 0 Å². The second-order valence-corrected chi connectivity index (χ2v) is 8.93. The summed E-state index contributed by atoms with van der Waals surface area (Å²) >= 11 is 1.44. The van der Waals surface area contributed by atoms with Gasteiger partial charge in [-0.2, -0.15) is 0 Å². The third kappa shape index (κ3) is 9.13. The number of carboxylic acid groups (broad SMARTS) is 1. The van der Waals surface area contributed by atoms with E-state index in [1.165, 1.54) is 12.1 Å². The van der Waals surface area contributed by atoms with E-state index in [0.717, 1.165) is 50.8 Å². The van der Waals surface area contributed by atoms with Gasteiger partial charge in [-0.25, -0.2) is 18.2 Å². The van der Waals surface area contributed by atoms with Gasteiger partial charge in [0.2, 0.25) is 0 Å². The molecule has 0 saturated carbocycles. The quantitative estimate of drug-likeness (QED) is 0.524. The molecule has 0 saturated heterocycles. The number of benzene rings is 1. The molecule has 1 aliphatic rings. The molecule has 1 heterocycles. The second-order valence-electron chi connectivity index (χ2n) is 7.70. The Kier molecular flexibility index (Phi) is 10.8. The first-order chi connectivity index (χ1) is 14.1. The van der Waals surface area contributed by atoms with Crippen LogP contribution in [0.2, 0.25) is 0 Å². The molecule has 0 spiro atoms. The SMILES string of the molecule is CCCCN(CCCC)SN(C)C(=O)Oc1cccc2c1OC(C)(C)C2.NC(=O)O. The molecule has 1 aliphatic heterocycles. The number of para-hydroxylation sites is 1. The van der Waals surface area contributed by atoms with Crippen LogP contribution < -0.4 is 15.2 Å². The fraction of sp³-hybridized carbons (Fsp3) is 0.619. The van der Waals surface area contributed by atoms with Crippen LogP contribution in [0.1, 0.15) is 58.9 Å². The zero-order valence-corrected chi connectivity index (χ0v) is 19.5. The number of primary amides is 1. The Balaban J connectivity index is 0.00000103. The number of carbonyl (C=O) groups is 2. The molecule has 0 radical (unpaired) electrons. The largest absolute Gasteiger partial charge is 0.483 e. The first-order valence-corrected chi connectivity index (χ1v) is 11.0. The summed E-state index contributed by atoms with van der Waals surface area (Å²) in [6, 6.07) is 5.73. The van der Waals surface area contributed by atoms with E-state index in [1.54, 1.807) is 17.4 Å². The van der Waals surface area contributed by atoms with Crippen molar-refractivity contribution in [2.75, 3.05) is 20.1 Å². The number of carbonyl (C=O) groups excluding carboxylic acids is 1. The second kappa shape index (κ2) is 12.5. The monoisotopic (exact) mass is 441 g/mol. The van der Waals surface area contributed by atoms with Crippen molar-refractivity contribution in [3.8, 4) is 11.5 Å². The molecule has 0 bridgehead atoms. The average Bonchev–Trinajstić information content (AvgIpc) is 2.98.